The fraction of sp³-hybridized carbons (Fsp3) is 0.714. The molecule has 4 N–H and O–H groups in total. The van der Waals surface area contributed by atoms with E-state index in [9.17, 15) is 9.59 Å². The van der Waals surface area contributed by atoms with Crippen molar-refractivity contribution in [2.45, 2.75) is 32.4 Å². The second kappa shape index (κ2) is 5.95. The Morgan fingerprint density at radius 1 is 1.62 bits per heavy atom. The van der Waals surface area contributed by atoms with Crippen LogP contribution in [0.15, 0.2) is 0 Å². The van der Waals surface area contributed by atoms with E-state index in [0.29, 0.717) is 6.42 Å². The fourth-order valence-electron chi connectivity index (χ4n) is 0.531. The predicted octanol–water partition coefficient (Wildman–Crippen LogP) is -0.0388. The van der Waals surface area contributed by atoms with Crippen molar-refractivity contribution in [3.63, 3.8) is 0 Å². The molecule has 0 heterocycles. The fourth-order valence-corrected chi connectivity index (χ4v) is 1.24. The molecule has 0 fully saturated rings. The highest BCUT2D eigenvalue weighted by Gasteiger charge is 2.17. The van der Waals surface area contributed by atoms with Gasteiger partial charge in [0, 0.05) is 0 Å². The van der Waals surface area contributed by atoms with Gasteiger partial charge in [0.25, 0.3) is 0 Å². The van der Waals surface area contributed by atoms with Gasteiger partial charge in [-0.25, -0.2) is 4.72 Å². The summed E-state index contributed by atoms with van der Waals surface area (Å²) in [4.78, 5) is 21.5. The maximum atomic E-state index is 11.0. The number of nitrogens with two attached hydrogens (primary N) is 1. The molecule has 0 saturated heterocycles. The molecule has 0 aromatic rings. The Morgan fingerprint density at radius 3 is 2.46 bits per heavy atom. The van der Waals surface area contributed by atoms with Gasteiger partial charge in [-0.05, 0) is 25.3 Å². The Morgan fingerprint density at radius 2 is 2.15 bits per heavy atom. The molecule has 0 radical (unpaired) electrons. The molecule has 5 nitrogen and oxygen atoms in total. The minimum Gasteiger partial charge on any atom is -0.480 e. The lowest BCUT2D eigenvalue weighted by atomic mass is 10.2. The molecule has 0 aromatic heterocycles. The summed E-state index contributed by atoms with van der Waals surface area (Å²) >= 11 is 0.751. The van der Waals surface area contributed by atoms with Crippen molar-refractivity contribution in [3.8, 4) is 0 Å². The summed E-state index contributed by atoms with van der Waals surface area (Å²) in [6.45, 7) is 3.28. The normalized spacial score (nSPS) is 15.0. The predicted molar refractivity (Wildman–Crippen MR) is 51.1 cm³/mol. The van der Waals surface area contributed by atoms with E-state index in [2.05, 4.69) is 4.72 Å². The Kier molecular flexibility index (Phi) is 5.68. The summed E-state index contributed by atoms with van der Waals surface area (Å²) in [5.74, 6) is -0.965. The Bertz CT molecular complexity index is 196. The zero-order valence-electron chi connectivity index (χ0n) is 7.61. The first-order chi connectivity index (χ1) is 5.99. The number of hydrogen-bond donors (Lipinski definition) is 3. The topological polar surface area (TPSA) is 92.4 Å². The molecule has 13 heavy (non-hydrogen) atoms. The van der Waals surface area contributed by atoms with Gasteiger partial charge in [-0.1, -0.05) is 6.92 Å². The zero-order valence-corrected chi connectivity index (χ0v) is 8.43. The van der Waals surface area contributed by atoms with Crippen LogP contribution in [0.2, 0.25) is 0 Å². The molecule has 0 spiro atoms. The third-order valence-corrected chi connectivity index (χ3v) is 2.36. The van der Waals surface area contributed by atoms with Crippen LogP contribution < -0.4 is 10.5 Å². The van der Waals surface area contributed by atoms with Crippen molar-refractivity contribution in [2.75, 3.05) is 0 Å². The molecule has 0 aliphatic rings. The number of carboxylic acid groups (broad SMARTS) is 1. The highest BCUT2D eigenvalue weighted by Crippen LogP contribution is 2.03. The van der Waals surface area contributed by atoms with Gasteiger partial charge in [0.1, 0.15) is 6.04 Å². The van der Waals surface area contributed by atoms with Gasteiger partial charge in [-0.3, -0.25) is 9.59 Å². The average Bonchev–Trinajstić information content (AvgIpc) is 2.04. The van der Waals surface area contributed by atoms with Crippen molar-refractivity contribution in [1.82, 2.24) is 4.72 Å². The Hall–Kier alpha value is -0.590. The molecule has 2 atom stereocenters. The monoisotopic (exact) mass is 206 g/mol. The van der Waals surface area contributed by atoms with Gasteiger partial charge in [-0.2, -0.15) is 0 Å². The van der Waals surface area contributed by atoms with Crippen LogP contribution in [0, 0.1) is 0 Å². The summed E-state index contributed by atoms with van der Waals surface area (Å²) in [6.07, 6.45) is 0.425. The van der Waals surface area contributed by atoms with Crippen molar-refractivity contribution < 1.29 is 14.7 Å². The van der Waals surface area contributed by atoms with Gasteiger partial charge in [0.05, 0.1) is 6.04 Å². The van der Waals surface area contributed by atoms with Crippen molar-refractivity contribution >= 4 is 23.0 Å². The standard InChI is InChI=1S/C7H14N2O3S/c1-3-5(6(10)11)9-13-7(12)4(2)8/h4-5,9H,3,8H2,1-2H3,(H,10,11)/t4-,5-/m0/s1. The first kappa shape index (κ1) is 12.4. The van der Waals surface area contributed by atoms with Crippen molar-refractivity contribution in [3.05, 3.63) is 0 Å². The van der Waals surface area contributed by atoms with E-state index in [1.54, 1.807) is 13.8 Å². The zero-order chi connectivity index (χ0) is 10.4. The van der Waals surface area contributed by atoms with Gasteiger partial charge in [0.2, 0.25) is 5.12 Å². The summed E-state index contributed by atoms with van der Waals surface area (Å²) in [6, 6.07) is -1.28. The smallest absolute Gasteiger partial charge is 0.321 e. The average molecular weight is 206 g/mol. The molecule has 6 heteroatoms. The molecule has 0 unspecified atom stereocenters. The molecular weight excluding hydrogens is 192 g/mol. The van der Waals surface area contributed by atoms with Crippen LogP contribution in [0.3, 0.4) is 0 Å². The highest BCUT2D eigenvalue weighted by molar-refractivity contribution is 8.12. The van der Waals surface area contributed by atoms with E-state index in [-0.39, 0.29) is 5.12 Å². The Labute approximate surface area is 81.2 Å². The lowest BCUT2D eigenvalue weighted by Gasteiger charge is -2.10. The van der Waals surface area contributed by atoms with Gasteiger partial charge < -0.3 is 10.8 Å². The molecule has 0 saturated carbocycles. The van der Waals surface area contributed by atoms with Crippen LogP contribution in [0.5, 0.6) is 0 Å². The minimum atomic E-state index is -0.965. The SMILES string of the molecule is CC[C@H](NSC(=O)[C@H](C)N)C(=O)O. The molecule has 0 aliphatic heterocycles. The molecule has 0 aliphatic carbocycles. The Balaban J connectivity index is 3.85. The molecule has 76 valence electrons. The van der Waals surface area contributed by atoms with Crippen LogP contribution in [0.4, 0.5) is 0 Å². The first-order valence-corrected chi connectivity index (χ1v) is 4.75. The highest BCUT2D eigenvalue weighted by atomic mass is 32.2. The molecule has 0 bridgehead atoms. The number of carboxylic acids is 1. The van der Waals surface area contributed by atoms with Crippen LogP contribution in [-0.4, -0.2) is 28.3 Å². The van der Waals surface area contributed by atoms with Crippen LogP contribution in [-0.2, 0) is 9.59 Å². The molecule has 0 amide bonds. The molecule has 0 rings (SSSR count). The second-order valence-corrected chi connectivity index (χ2v) is 3.47. The van der Waals surface area contributed by atoms with E-state index in [4.69, 9.17) is 10.8 Å². The van der Waals surface area contributed by atoms with Crippen molar-refractivity contribution in [2.24, 2.45) is 5.73 Å². The third-order valence-electron chi connectivity index (χ3n) is 1.38. The van der Waals surface area contributed by atoms with Crippen molar-refractivity contribution in [1.29, 1.82) is 0 Å². The van der Waals surface area contributed by atoms with Gasteiger partial charge >= 0.3 is 5.97 Å². The number of rotatable bonds is 5. The van der Waals surface area contributed by atoms with E-state index in [1.165, 1.54) is 0 Å². The molecular formula is C7H14N2O3S. The number of nitrogens with one attached hydrogen (secondary N) is 1. The lowest BCUT2D eigenvalue weighted by Crippen LogP contribution is -2.35. The minimum absolute atomic E-state index is 0.264. The summed E-state index contributed by atoms with van der Waals surface area (Å²) < 4.78 is 2.54. The van der Waals surface area contributed by atoms with E-state index in [0.717, 1.165) is 11.9 Å². The number of aliphatic carboxylic acids is 1. The van der Waals surface area contributed by atoms with E-state index >= 15 is 0 Å². The summed E-state index contributed by atoms with van der Waals surface area (Å²) in [5.41, 5.74) is 5.28. The summed E-state index contributed by atoms with van der Waals surface area (Å²) in [7, 11) is 0. The van der Waals surface area contributed by atoms with Crippen LogP contribution >= 0.6 is 11.9 Å². The molecule has 0 aromatic carbocycles. The van der Waals surface area contributed by atoms with Crippen LogP contribution in [0.25, 0.3) is 0 Å². The second-order valence-electron chi connectivity index (χ2n) is 2.63. The van der Waals surface area contributed by atoms with E-state index in [1.807, 2.05) is 0 Å². The van der Waals surface area contributed by atoms with Crippen LogP contribution in [0.1, 0.15) is 20.3 Å². The summed E-state index contributed by atoms with van der Waals surface area (Å²) in [5, 5.41) is 8.34. The lowest BCUT2D eigenvalue weighted by molar-refractivity contribution is -0.138. The quantitative estimate of drug-likeness (QED) is 0.547. The number of carbonyl (C=O) groups excluding carboxylic acids is 1. The number of hydrogen-bond acceptors (Lipinski definition) is 5. The maximum Gasteiger partial charge on any atom is 0.321 e. The first-order valence-electron chi connectivity index (χ1n) is 3.93. The number of carbonyl (C=O) groups is 2. The third kappa shape index (κ3) is 4.87. The van der Waals surface area contributed by atoms with Gasteiger partial charge in [-0.15, -0.1) is 0 Å². The van der Waals surface area contributed by atoms with Gasteiger partial charge in [0.15, 0.2) is 0 Å². The van der Waals surface area contributed by atoms with E-state index < -0.39 is 18.1 Å². The largest absolute Gasteiger partial charge is 0.480 e. The maximum absolute atomic E-state index is 11.0.